The minimum atomic E-state index is 0.157. The average Bonchev–Trinajstić information content (AvgIpc) is 2.84. The van der Waals surface area contributed by atoms with Gasteiger partial charge in [0, 0.05) is 38.3 Å². The molecule has 0 radical (unpaired) electrons. The maximum Gasteiger partial charge on any atom is 0.234 e. The van der Waals surface area contributed by atoms with Crippen LogP contribution in [-0.4, -0.2) is 111 Å². The second-order valence-corrected chi connectivity index (χ2v) is 10.1. The SMILES string of the molecule is O=C(CN1CCC(CCN2CCOCC2)CC1)NCC1(N2CCOCC2)CCCCC1. The molecule has 7 nitrogen and oxygen atoms in total. The number of carbonyl (C=O) groups is 1. The van der Waals surface area contributed by atoms with Crippen LogP contribution >= 0.6 is 0 Å². The summed E-state index contributed by atoms with van der Waals surface area (Å²) in [7, 11) is 0. The number of likely N-dealkylation sites (tertiary alicyclic amines) is 1. The van der Waals surface area contributed by atoms with Crippen molar-refractivity contribution in [2.45, 2.75) is 56.9 Å². The second kappa shape index (κ2) is 11.9. The fourth-order valence-corrected chi connectivity index (χ4v) is 6.00. The molecule has 1 aliphatic carbocycles. The van der Waals surface area contributed by atoms with Crippen LogP contribution in [0.15, 0.2) is 0 Å². The van der Waals surface area contributed by atoms with Crippen molar-refractivity contribution in [3.8, 4) is 0 Å². The maximum atomic E-state index is 12.8. The molecule has 7 heteroatoms. The standard InChI is InChI=1S/C24H44N4O3/c29-23(25-21-24(7-2-1-3-8-24)28-14-18-31-19-15-28)20-27-10-5-22(6-11-27)4-9-26-12-16-30-17-13-26/h22H,1-21H2,(H,25,29). The lowest BCUT2D eigenvalue weighted by molar-refractivity contribution is -0.124. The summed E-state index contributed by atoms with van der Waals surface area (Å²) in [6, 6.07) is 0. The molecule has 1 saturated carbocycles. The van der Waals surface area contributed by atoms with Crippen molar-refractivity contribution < 1.29 is 14.3 Å². The molecule has 0 atom stereocenters. The van der Waals surface area contributed by atoms with E-state index in [0.717, 1.165) is 78.2 Å². The number of carbonyl (C=O) groups excluding carboxylic acids is 1. The Morgan fingerprint density at radius 1 is 0.839 bits per heavy atom. The van der Waals surface area contributed by atoms with E-state index in [1.165, 1.54) is 57.9 Å². The van der Waals surface area contributed by atoms with Crippen LogP contribution in [-0.2, 0) is 14.3 Å². The van der Waals surface area contributed by atoms with E-state index in [1.54, 1.807) is 0 Å². The molecule has 1 N–H and O–H groups in total. The molecular formula is C24H44N4O3. The molecule has 0 spiro atoms. The lowest BCUT2D eigenvalue weighted by Crippen LogP contribution is -2.60. The van der Waals surface area contributed by atoms with Gasteiger partial charge in [-0.3, -0.25) is 19.5 Å². The second-order valence-electron chi connectivity index (χ2n) is 10.1. The zero-order valence-electron chi connectivity index (χ0n) is 19.5. The molecule has 3 saturated heterocycles. The Balaban J connectivity index is 1.16. The van der Waals surface area contributed by atoms with Crippen LogP contribution in [0.2, 0.25) is 0 Å². The van der Waals surface area contributed by atoms with Gasteiger partial charge >= 0.3 is 0 Å². The number of amides is 1. The van der Waals surface area contributed by atoms with E-state index in [9.17, 15) is 4.79 Å². The normalized spacial score (nSPS) is 27.2. The molecule has 0 bridgehead atoms. The molecule has 178 valence electrons. The van der Waals surface area contributed by atoms with Crippen LogP contribution in [0.3, 0.4) is 0 Å². The van der Waals surface area contributed by atoms with E-state index in [0.29, 0.717) is 6.54 Å². The average molecular weight is 437 g/mol. The molecule has 3 heterocycles. The van der Waals surface area contributed by atoms with Crippen LogP contribution in [0.5, 0.6) is 0 Å². The van der Waals surface area contributed by atoms with Gasteiger partial charge in [0.15, 0.2) is 0 Å². The third-order valence-electron chi connectivity index (χ3n) is 8.11. The van der Waals surface area contributed by atoms with E-state index in [4.69, 9.17) is 9.47 Å². The summed E-state index contributed by atoms with van der Waals surface area (Å²) in [6.45, 7) is 12.3. The molecule has 0 aromatic heterocycles. The smallest absolute Gasteiger partial charge is 0.234 e. The molecule has 4 aliphatic rings. The first kappa shape index (κ1) is 23.4. The Morgan fingerprint density at radius 3 is 2.16 bits per heavy atom. The van der Waals surface area contributed by atoms with Crippen LogP contribution in [0.4, 0.5) is 0 Å². The Hall–Kier alpha value is -0.730. The molecule has 1 amide bonds. The predicted octanol–water partition coefficient (Wildman–Crippen LogP) is 1.57. The zero-order chi connectivity index (χ0) is 21.4. The third-order valence-corrected chi connectivity index (χ3v) is 8.11. The van der Waals surface area contributed by atoms with Gasteiger partial charge in [0.1, 0.15) is 0 Å². The molecule has 0 unspecified atom stereocenters. The number of piperidine rings is 1. The number of morpholine rings is 2. The number of nitrogens with zero attached hydrogens (tertiary/aromatic N) is 3. The van der Waals surface area contributed by atoms with Crippen molar-refractivity contribution in [2.75, 3.05) is 85.3 Å². The number of hydrogen-bond acceptors (Lipinski definition) is 6. The van der Waals surface area contributed by atoms with Crippen LogP contribution in [0, 0.1) is 5.92 Å². The Bertz CT molecular complexity index is 535. The third kappa shape index (κ3) is 6.87. The van der Waals surface area contributed by atoms with Crippen LogP contribution < -0.4 is 5.32 Å². The number of hydrogen-bond donors (Lipinski definition) is 1. The van der Waals surface area contributed by atoms with E-state index in [1.807, 2.05) is 0 Å². The van der Waals surface area contributed by atoms with Gasteiger partial charge in [-0.25, -0.2) is 0 Å². The van der Waals surface area contributed by atoms with Crippen molar-refractivity contribution in [2.24, 2.45) is 5.92 Å². The molecule has 0 aromatic rings. The monoisotopic (exact) mass is 436 g/mol. The van der Waals surface area contributed by atoms with Crippen molar-refractivity contribution >= 4 is 5.91 Å². The van der Waals surface area contributed by atoms with E-state index >= 15 is 0 Å². The summed E-state index contributed by atoms with van der Waals surface area (Å²) >= 11 is 0. The summed E-state index contributed by atoms with van der Waals surface area (Å²) in [4.78, 5) is 20.3. The zero-order valence-corrected chi connectivity index (χ0v) is 19.5. The molecule has 4 rings (SSSR count). The van der Waals surface area contributed by atoms with Gasteiger partial charge in [-0.2, -0.15) is 0 Å². The fourth-order valence-electron chi connectivity index (χ4n) is 6.00. The van der Waals surface area contributed by atoms with Gasteiger partial charge in [0.2, 0.25) is 5.91 Å². The lowest BCUT2D eigenvalue weighted by Gasteiger charge is -2.48. The Labute approximate surface area is 188 Å². The van der Waals surface area contributed by atoms with Crippen LogP contribution in [0.25, 0.3) is 0 Å². The first-order chi connectivity index (χ1) is 15.2. The van der Waals surface area contributed by atoms with Gasteiger partial charge in [-0.1, -0.05) is 19.3 Å². The highest BCUT2D eigenvalue weighted by Gasteiger charge is 2.38. The minimum Gasteiger partial charge on any atom is -0.379 e. The molecule has 31 heavy (non-hydrogen) atoms. The molecule has 0 aromatic carbocycles. The van der Waals surface area contributed by atoms with Gasteiger partial charge < -0.3 is 14.8 Å². The quantitative estimate of drug-likeness (QED) is 0.623. The lowest BCUT2D eigenvalue weighted by atomic mass is 9.79. The molecule has 3 aliphatic heterocycles. The largest absolute Gasteiger partial charge is 0.379 e. The Kier molecular flexibility index (Phi) is 9.02. The van der Waals surface area contributed by atoms with E-state index in [2.05, 4.69) is 20.0 Å². The number of rotatable bonds is 8. The summed E-state index contributed by atoms with van der Waals surface area (Å²) < 4.78 is 11.0. The number of nitrogens with one attached hydrogen (secondary N) is 1. The topological polar surface area (TPSA) is 57.3 Å². The highest BCUT2D eigenvalue weighted by molar-refractivity contribution is 5.78. The van der Waals surface area contributed by atoms with Gasteiger partial charge in [-0.05, 0) is 57.7 Å². The summed E-state index contributed by atoms with van der Waals surface area (Å²) in [6.07, 6.45) is 10.1. The Morgan fingerprint density at radius 2 is 1.48 bits per heavy atom. The molecular weight excluding hydrogens is 392 g/mol. The highest BCUT2D eigenvalue weighted by Crippen LogP contribution is 2.34. The predicted molar refractivity (Wildman–Crippen MR) is 122 cm³/mol. The van der Waals surface area contributed by atoms with E-state index in [-0.39, 0.29) is 11.4 Å². The summed E-state index contributed by atoms with van der Waals surface area (Å²) in [5.74, 6) is 1.03. The first-order valence-corrected chi connectivity index (χ1v) is 12.9. The molecule has 4 fully saturated rings. The van der Waals surface area contributed by atoms with Crippen molar-refractivity contribution in [1.29, 1.82) is 0 Å². The van der Waals surface area contributed by atoms with Crippen molar-refractivity contribution in [3.63, 3.8) is 0 Å². The van der Waals surface area contributed by atoms with Crippen molar-refractivity contribution in [1.82, 2.24) is 20.0 Å². The van der Waals surface area contributed by atoms with Gasteiger partial charge in [0.05, 0.1) is 33.0 Å². The van der Waals surface area contributed by atoms with Gasteiger partial charge in [-0.15, -0.1) is 0 Å². The summed E-state index contributed by atoms with van der Waals surface area (Å²) in [5, 5.41) is 3.34. The van der Waals surface area contributed by atoms with Gasteiger partial charge in [0.25, 0.3) is 0 Å². The van der Waals surface area contributed by atoms with Crippen LogP contribution in [0.1, 0.15) is 51.4 Å². The highest BCUT2D eigenvalue weighted by atomic mass is 16.5. The van der Waals surface area contributed by atoms with Crippen molar-refractivity contribution in [3.05, 3.63) is 0 Å². The minimum absolute atomic E-state index is 0.157. The fraction of sp³-hybridized carbons (Fsp3) is 0.958. The van der Waals surface area contributed by atoms with E-state index < -0.39 is 0 Å². The maximum absolute atomic E-state index is 12.8. The number of ether oxygens (including phenoxy) is 2. The summed E-state index contributed by atoms with van der Waals surface area (Å²) in [5.41, 5.74) is 0.157. The first-order valence-electron chi connectivity index (χ1n) is 12.9.